The summed E-state index contributed by atoms with van der Waals surface area (Å²) in [5, 5.41) is 0. The zero-order valence-electron chi connectivity index (χ0n) is 10.2. The van der Waals surface area contributed by atoms with Gasteiger partial charge in [-0.2, -0.15) is 0 Å². The highest BCUT2D eigenvalue weighted by Crippen LogP contribution is 2.49. The number of carbonyl (C=O) groups is 1. The van der Waals surface area contributed by atoms with Crippen molar-refractivity contribution in [3.8, 4) is 0 Å². The molecule has 0 spiro atoms. The van der Waals surface area contributed by atoms with Crippen LogP contribution in [0.1, 0.15) is 42.5 Å². The van der Waals surface area contributed by atoms with E-state index in [4.69, 9.17) is 0 Å². The fourth-order valence-electron chi connectivity index (χ4n) is 3.73. The summed E-state index contributed by atoms with van der Waals surface area (Å²) < 4.78 is 27.0. The standard InChI is InChI=1S/C15H16F2O/c16-12-2-1-3-13(17)15(12)14(18)8-11-7-9-4-5-10(11)6-9/h1-3,9-11H,4-8H2. The molecule has 2 bridgehead atoms. The van der Waals surface area contributed by atoms with Gasteiger partial charge in [-0.3, -0.25) is 4.79 Å². The largest absolute Gasteiger partial charge is 0.294 e. The lowest BCUT2D eigenvalue weighted by molar-refractivity contribution is 0.0936. The molecular weight excluding hydrogens is 234 g/mol. The average Bonchev–Trinajstić information content (AvgIpc) is 2.90. The molecule has 1 aromatic rings. The van der Waals surface area contributed by atoms with Crippen LogP contribution >= 0.6 is 0 Å². The van der Waals surface area contributed by atoms with E-state index in [1.807, 2.05) is 0 Å². The highest BCUT2D eigenvalue weighted by atomic mass is 19.1. The summed E-state index contributed by atoms with van der Waals surface area (Å²) >= 11 is 0. The van der Waals surface area contributed by atoms with Gasteiger partial charge < -0.3 is 0 Å². The Kier molecular flexibility index (Phi) is 2.92. The molecule has 1 nitrogen and oxygen atoms in total. The zero-order chi connectivity index (χ0) is 12.7. The van der Waals surface area contributed by atoms with E-state index in [0.29, 0.717) is 18.3 Å². The Morgan fingerprint density at radius 3 is 2.44 bits per heavy atom. The van der Waals surface area contributed by atoms with Gasteiger partial charge in [0.05, 0.1) is 5.56 Å². The van der Waals surface area contributed by atoms with Crippen molar-refractivity contribution in [1.29, 1.82) is 0 Å². The molecule has 2 aliphatic carbocycles. The Morgan fingerprint density at radius 1 is 1.17 bits per heavy atom. The van der Waals surface area contributed by atoms with Gasteiger partial charge in [0.2, 0.25) is 0 Å². The molecule has 3 rings (SSSR count). The SMILES string of the molecule is O=C(CC1CC2CCC1C2)c1c(F)cccc1F. The Morgan fingerprint density at radius 2 is 1.89 bits per heavy atom. The molecule has 0 heterocycles. The Bertz CT molecular complexity index is 463. The molecule has 0 N–H and O–H groups in total. The third kappa shape index (κ3) is 1.96. The Labute approximate surface area is 105 Å². The zero-order valence-corrected chi connectivity index (χ0v) is 10.2. The van der Waals surface area contributed by atoms with Gasteiger partial charge in [-0.05, 0) is 49.1 Å². The molecule has 3 heteroatoms. The predicted molar refractivity (Wildman–Crippen MR) is 64.2 cm³/mol. The summed E-state index contributed by atoms with van der Waals surface area (Å²) in [6.07, 6.45) is 5.02. The Hall–Kier alpha value is -1.25. The fourth-order valence-corrected chi connectivity index (χ4v) is 3.73. The summed E-state index contributed by atoms with van der Waals surface area (Å²) in [6.45, 7) is 0. The summed E-state index contributed by atoms with van der Waals surface area (Å²) in [7, 11) is 0. The van der Waals surface area contributed by atoms with Crippen molar-refractivity contribution in [1.82, 2.24) is 0 Å². The summed E-state index contributed by atoms with van der Waals surface area (Å²) in [5.41, 5.74) is -0.347. The first-order chi connectivity index (χ1) is 8.65. The van der Waals surface area contributed by atoms with Crippen LogP contribution in [0.3, 0.4) is 0 Å². The first-order valence-electron chi connectivity index (χ1n) is 6.62. The third-order valence-corrected chi connectivity index (χ3v) is 4.57. The van der Waals surface area contributed by atoms with Crippen LogP contribution in [0.2, 0.25) is 0 Å². The van der Waals surface area contributed by atoms with Crippen LogP contribution in [0, 0.1) is 29.4 Å². The fraction of sp³-hybridized carbons (Fsp3) is 0.533. The molecule has 3 atom stereocenters. The summed E-state index contributed by atoms with van der Waals surface area (Å²) in [4.78, 5) is 12.0. The van der Waals surface area contributed by atoms with E-state index >= 15 is 0 Å². The van der Waals surface area contributed by atoms with Crippen LogP contribution < -0.4 is 0 Å². The van der Waals surface area contributed by atoms with Crippen molar-refractivity contribution in [3.05, 3.63) is 35.4 Å². The number of halogens is 2. The molecule has 18 heavy (non-hydrogen) atoms. The molecule has 0 aromatic heterocycles. The first kappa shape index (κ1) is 11.8. The van der Waals surface area contributed by atoms with E-state index in [-0.39, 0.29) is 11.3 Å². The number of ketones is 1. The molecule has 2 aliphatic rings. The lowest BCUT2D eigenvalue weighted by Gasteiger charge is -2.20. The molecule has 96 valence electrons. The number of rotatable bonds is 3. The molecule has 0 radical (unpaired) electrons. The van der Waals surface area contributed by atoms with Gasteiger partial charge in [-0.25, -0.2) is 8.78 Å². The second-order valence-electron chi connectivity index (χ2n) is 5.66. The maximum atomic E-state index is 13.5. The van der Waals surface area contributed by atoms with Gasteiger partial charge in [0, 0.05) is 6.42 Å². The predicted octanol–water partition coefficient (Wildman–Crippen LogP) is 3.97. The van der Waals surface area contributed by atoms with Crippen LogP contribution in [0.4, 0.5) is 8.78 Å². The minimum atomic E-state index is -0.733. The van der Waals surface area contributed by atoms with Gasteiger partial charge in [-0.1, -0.05) is 12.5 Å². The van der Waals surface area contributed by atoms with Gasteiger partial charge in [-0.15, -0.1) is 0 Å². The highest BCUT2D eigenvalue weighted by molar-refractivity contribution is 5.96. The smallest absolute Gasteiger partial charge is 0.169 e. The van der Waals surface area contributed by atoms with Gasteiger partial charge in [0.1, 0.15) is 11.6 Å². The van der Waals surface area contributed by atoms with Crippen molar-refractivity contribution in [3.63, 3.8) is 0 Å². The molecule has 0 aliphatic heterocycles. The number of carbonyl (C=O) groups excluding carboxylic acids is 1. The van der Waals surface area contributed by atoms with Crippen LogP contribution in [0.5, 0.6) is 0 Å². The molecule has 2 fully saturated rings. The minimum absolute atomic E-state index is 0.305. The maximum absolute atomic E-state index is 13.5. The number of hydrogen-bond acceptors (Lipinski definition) is 1. The van der Waals surface area contributed by atoms with E-state index < -0.39 is 11.6 Å². The lowest BCUT2D eigenvalue weighted by Crippen LogP contribution is -2.17. The van der Waals surface area contributed by atoms with Crippen molar-refractivity contribution >= 4 is 5.78 Å². The topological polar surface area (TPSA) is 17.1 Å². The number of benzene rings is 1. The van der Waals surface area contributed by atoms with Crippen molar-refractivity contribution in [2.75, 3.05) is 0 Å². The molecule has 2 saturated carbocycles. The number of fused-ring (bicyclic) bond motifs is 2. The summed E-state index contributed by atoms with van der Waals surface area (Å²) in [5.74, 6) is -0.142. The van der Waals surface area contributed by atoms with E-state index in [9.17, 15) is 13.6 Å². The lowest BCUT2D eigenvalue weighted by atomic mass is 9.84. The van der Waals surface area contributed by atoms with Crippen LogP contribution in [0.15, 0.2) is 18.2 Å². The van der Waals surface area contributed by atoms with E-state index in [1.54, 1.807) is 0 Å². The number of Topliss-reactive ketones (excluding diaryl/α,β-unsaturated/α-hetero) is 1. The highest BCUT2D eigenvalue weighted by Gasteiger charge is 2.40. The van der Waals surface area contributed by atoms with E-state index in [0.717, 1.165) is 24.5 Å². The molecule has 3 unspecified atom stereocenters. The van der Waals surface area contributed by atoms with Crippen molar-refractivity contribution in [2.24, 2.45) is 17.8 Å². The van der Waals surface area contributed by atoms with E-state index in [2.05, 4.69) is 0 Å². The van der Waals surface area contributed by atoms with Crippen molar-refractivity contribution in [2.45, 2.75) is 32.1 Å². The van der Waals surface area contributed by atoms with Gasteiger partial charge in [0.25, 0.3) is 0 Å². The van der Waals surface area contributed by atoms with Gasteiger partial charge >= 0.3 is 0 Å². The normalized spacial score (nSPS) is 29.8. The van der Waals surface area contributed by atoms with Crippen LogP contribution in [-0.4, -0.2) is 5.78 Å². The summed E-state index contributed by atoms with van der Waals surface area (Å²) in [6, 6.07) is 3.59. The molecule has 0 amide bonds. The molecule has 1 aromatic carbocycles. The molecule has 0 saturated heterocycles. The Balaban J connectivity index is 1.75. The maximum Gasteiger partial charge on any atom is 0.169 e. The second kappa shape index (κ2) is 4.45. The average molecular weight is 250 g/mol. The second-order valence-corrected chi connectivity index (χ2v) is 5.66. The first-order valence-corrected chi connectivity index (χ1v) is 6.62. The third-order valence-electron chi connectivity index (χ3n) is 4.57. The quantitative estimate of drug-likeness (QED) is 0.742. The molecular formula is C15H16F2O. The monoisotopic (exact) mass is 250 g/mol. The van der Waals surface area contributed by atoms with Crippen LogP contribution in [0.25, 0.3) is 0 Å². The van der Waals surface area contributed by atoms with Crippen LogP contribution in [-0.2, 0) is 0 Å². The minimum Gasteiger partial charge on any atom is -0.294 e. The van der Waals surface area contributed by atoms with Crippen molar-refractivity contribution < 1.29 is 13.6 Å². The number of hydrogen-bond donors (Lipinski definition) is 0. The van der Waals surface area contributed by atoms with E-state index in [1.165, 1.54) is 25.3 Å². The van der Waals surface area contributed by atoms with Gasteiger partial charge in [0.15, 0.2) is 5.78 Å².